The first-order chi connectivity index (χ1) is 13.1. The van der Waals surface area contributed by atoms with Crippen LogP contribution in [0.25, 0.3) is 5.57 Å². The monoisotopic (exact) mass is 365 g/mol. The third kappa shape index (κ3) is 2.91. The van der Waals surface area contributed by atoms with Gasteiger partial charge in [0, 0.05) is 12.4 Å². The van der Waals surface area contributed by atoms with Crippen molar-refractivity contribution in [3.8, 4) is 0 Å². The van der Waals surface area contributed by atoms with Crippen molar-refractivity contribution in [2.24, 2.45) is 34.5 Å². The van der Waals surface area contributed by atoms with Crippen LogP contribution >= 0.6 is 0 Å². The van der Waals surface area contributed by atoms with Gasteiger partial charge in [-0.15, -0.1) is 0 Å². The van der Waals surface area contributed by atoms with E-state index in [-0.39, 0.29) is 0 Å². The molecule has 1 heterocycles. The minimum atomic E-state index is 0.391. The molecule has 5 rings (SSSR count). The molecule has 0 spiro atoms. The molecule has 148 valence electrons. The van der Waals surface area contributed by atoms with Crippen LogP contribution in [0.5, 0.6) is 0 Å². The van der Waals surface area contributed by atoms with E-state index in [2.05, 4.69) is 43.2 Å². The molecule has 1 heteroatoms. The van der Waals surface area contributed by atoms with Crippen LogP contribution in [-0.2, 0) is 0 Å². The largest absolute Gasteiger partial charge is 0.264 e. The third-order valence-electron chi connectivity index (χ3n) is 9.14. The molecule has 0 bridgehead atoms. The van der Waals surface area contributed by atoms with Crippen LogP contribution in [0.3, 0.4) is 0 Å². The fourth-order valence-electron chi connectivity index (χ4n) is 7.83. The van der Waals surface area contributed by atoms with Gasteiger partial charge in [0.1, 0.15) is 0 Å². The van der Waals surface area contributed by atoms with Crippen LogP contribution < -0.4 is 0 Å². The first-order valence-corrected chi connectivity index (χ1v) is 11.7. The molecule has 0 amide bonds. The first kappa shape index (κ1) is 19.2. The molecule has 1 aromatic heterocycles. The fourth-order valence-corrected chi connectivity index (χ4v) is 7.83. The molecule has 3 saturated carbocycles. The number of fused-ring (bicyclic) bond motifs is 5. The van der Waals surface area contributed by atoms with Crippen LogP contribution in [0.2, 0.25) is 0 Å². The van der Waals surface area contributed by atoms with Gasteiger partial charge in [-0.3, -0.25) is 4.98 Å². The summed E-state index contributed by atoms with van der Waals surface area (Å²) in [5, 5.41) is 0. The van der Waals surface area contributed by atoms with Crippen LogP contribution in [0.4, 0.5) is 0 Å². The van der Waals surface area contributed by atoms with E-state index < -0.39 is 0 Å². The summed E-state index contributed by atoms with van der Waals surface area (Å²) in [5.41, 5.74) is 4.03. The molecule has 3 fully saturated rings. The first-order valence-electron chi connectivity index (χ1n) is 11.7. The average Bonchev–Trinajstić information content (AvgIpc) is 3.07. The van der Waals surface area contributed by atoms with Crippen molar-refractivity contribution in [2.75, 3.05) is 0 Å². The Kier molecular flexibility index (Phi) is 5.25. The van der Waals surface area contributed by atoms with Gasteiger partial charge in [-0.1, -0.05) is 52.7 Å². The lowest BCUT2D eigenvalue weighted by Crippen LogP contribution is -2.52. The van der Waals surface area contributed by atoms with E-state index in [1.165, 1.54) is 63.4 Å². The zero-order valence-corrected chi connectivity index (χ0v) is 18.0. The van der Waals surface area contributed by atoms with Crippen LogP contribution in [0.15, 0.2) is 30.6 Å². The number of pyridine rings is 1. The van der Waals surface area contributed by atoms with E-state index in [0.717, 1.165) is 23.7 Å². The predicted octanol–water partition coefficient (Wildman–Crippen LogP) is 7.53. The quantitative estimate of drug-likeness (QED) is 0.501. The van der Waals surface area contributed by atoms with Crippen LogP contribution in [0.1, 0.15) is 91.0 Å². The molecule has 0 radical (unpaired) electrons. The smallest absolute Gasteiger partial charge is 0.0343 e. The van der Waals surface area contributed by atoms with Gasteiger partial charge in [0.15, 0.2) is 0 Å². The number of rotatable bonds is 1. The van der Waals surface area contributed by atoms with Gasteiger partial charge in [0.05, 0.1) is 0 Å². The molecule has 6 unspecified atom stereocenters. The lowest BCUT2D eigenvalue weighted by atomic mass is 9.45. The Balaban J connectivity index is 0.000000872. The molecule has 0 N–H and O–H groups in total. The van der Waals surface area contributed by atoms with E-state index in [1.54, 1.807) is 5.57 Å². The Morgan fingerprint density at radius 3 is 2.59 bits per heavy atom. The highest BCUT2D eigenvalue weighted by Crippen LogP contribution is 2.67. The molecular weight excluding hydrogens is 326 g/mol. The number of allylic oxidation sites excluding steroid dienone is 2. The number of hydrogen-bond donors (Lipinski definition) is 0. The van der Waals surface area contributed by atoms with Crippen molar-refractivity contribution < 1.29 is 0 Å². The zero-order valence-electron chi connectivity index (χ0n) is 18.0. The summed E-state index contributed by atoms with van der Waals surface area (Å²) in [5.74, 6) is 3.86. The SMILES string of the molecule is CC.CC12CCC3C(CCC4CCCCC43C)C1CC=C2c1cccnc1. The van der Waals surface area contributed by atoms with Gasteiger partial charge >= 0.3 is 0 Å². The molecule has 1 aromatic rings. The highest BCUT2D eigenvalue weighted by atomic mass is 14.6. The Labute approximate surface area is 167 Å². The Hall–Kier alpha value is -1.11. The number of hydrogen-bond acceptors (Lipinski definition) is 1. The lowest BCUT2D eigenvalue weighted by Gasteiger charge is -2.60. The lowest BCUT2D eigenvalue weighted by molar-refractivity contribution is -0.0953. The van der Waals surface area contributed by atoms with Crippen LogP contribution in [0, 0.1) is 34.5 Å². The summed E-state index contributed by atoms with van der Waals surface area (Å²) in [6.45, 7) is 9.26. The molecule has 1 nitrogen and oxygen atoms in total. The highest BCUT2D eigenvalue weighted by molar-refractivity contribution is 5.72. The summed E-state index contributed by atoms with van der Waals surface area (Å²) in [7, 11) is 0. The fraction of sp³-hybridized carbons (Fsp3) is 0.731. The Bertz CT molecular complexity index is 677. The highest BCUT2D eigenvalue weighted by Gasteiger charge is 2.57. The molecule has 4 aliphatic carbocycles. The van der Waals surface area contributed by atoms with E-state index in [4.69, 9.17) is 0 Å². The minimum Gasteiger partial charge on any atom is -0.264 e. The van der Waals surface area contributed by atoms with Crippen molar-refractivity contribution >= 4 is 5.57 Å². The molecule has 0 aromatic carbocycles. The van der Waals surface area contributed by atoms with Gasteiger partial charge in [0.25, 0.3) is 0 Å². The van der Waals surface area contributed by atoms with E-state index >= 15 is 0 Å². The summed E-state index contributed by atoms with van der Waals surface area (Å²) < 4.78 is 0. The van der Waals surface area contributed by atoms with Crippen molar-refractivity contribution in [1.29, 1.82) is 0 Å². The molecule has 0 saturated heterocycles. The van der Waals surface area contributed by atoms with Crippen molar-refractivity contribution in [3.05, 3.63) is 36.2 Å². The molecule has 0 aliphatic heterocycles. The van der Waals surface area contributed by atoms with Crippen molar-refractivity contribution in [1.82, 2.24) is 4.98 Å². The van der Waals surface area contributed by atoms with Gasteiger partial charge in [0.2, 0.25) is 0 Å². The average molecular weight is 366 g/mol. The van der Waals surface area contributed by atoms with Crippen molar-refractivity contribution in [3.63, 3.8) is 0 Å². The summed E-state index contributed by atoms with van der Waals surface area (Å²) in [4.78, 5) is 4.40. The minimum absolute atomic E-state index is 0.391. The maximum atomic E-state index is 4.40. The Morgan fingerprint density at radius 2 is 1.81 bits per heavy atom. The van der Waals surface area contributed by atoms with E-state index in [0.29, 0.717) is 10.8 Å². The van der Waals surface area contributed by atoms with E-state index in [1.807, 2.05) is 20.0 Å². The topological polar surface area (TPSA) is 12.9 Å². The van der Waals surface area contributed by atoms with Crippen LogP contribution in [-0.4, -0.2) is 4.98 Å². The predicted molar refractivity (Wildman–Crippen MR) is 115 cm³/mol. The van der Waals surface area contributed by atoms with Gasteiger partial charge in [-0.25, -0.2) is 0 Å². The summed E-state index contributed by atoms with van der Waals surface area (Å²) in [6.07, 6.45) is 19.7. The standard InChI is InChI=1S/C24H33N.C2H6/c1-23-13-4-3-7-18(23)8-9-19-21-11-10-20(17-6-5-15-25-16-17)24(21,2)14-12-22(19)23;1-2/h5-6,10,15-16,18-19,21-22H,3-4,7-9,11-14H2,1-2H3;1-2H3. The molecule has 6 atom stereocenters. The Morgan fingerprint density at radius 1 is 0.963 bits per heavy atom. The summed E-state index contributed by atoms with van der Waals surface area (Å²) in [6, 6.07) is 4.38. The second-order valence-electron chi connectivity index (χ2n) is 9.95. The van der Waals surface area contributed by atoms with Gasteiger partial charge in [-0.05, 0) is 96.7 Å². The normalized spacial score (nSPS) is 42.7. The molecular formula is C26H39N. The number of aromatic nitrogens is 1. The molecule has 27 heavy (non-hydrogen) atoms. The van der Waals surface area contributed by atoms with Gasteiger partial charge in [-0.2, -0.15) is 0 Å². The van der Waals surface area contributed by atoms with Gasteiger partial charge < -0.3 is 0 Å². The zero-order chi connectivity index (χ0) is 19.1. The number of nitrogens with zero attached hydrogens (tertiary/aromatic N) is 1. The maximum absolute atomic E-state index is 4.40. The third-order valence-corrected chi connectivity index (χ3v) is 9.14. The maximum Gasteiger partial charge on any atom is 0.0343 e. The van der Waals surface area contributed by atoms with E-state index in [9.17, 15) is 0 Å². The molecule has 4 aliphatic rings. The second-order valence-corrected chi connectivity index (χ2v) is 9.95. The summed E-state index contributed by atoms with van der Waals surface area (Å²) >= 11 is 0. The van der Waals surface area contributed by atoms with Crippen molar-refractivity contribution in [2.45, 2.75) is 85.5 Å². The second kappa shape index (κ2) is 7.37.